The normalized spacial score (nSPS) is 26.5. The number of ether oxygens (including phenoxy) is 2. The Balaban J connectivity index is 2.19. The zero-order valence-electron chi connectivity index (χ0n) is 12.1. The Hall–Kier alpha value is -0.160. The molecule has 1 rings (SSSR count). The average Bonchev–Trinajstić information content (AvgIpc) is 2.35. The molecule has 1 saturated carbocycles. The zero-order valence-corrected chi connectivity index (χ0v) is 12.1. The Bertz CT molecular complexity index is 213. The molecule has 0 amide bonds. The van der Waals surface area contributed by atoms with Gasteiger partial charge in [-0.15, -0.1) is 0 Å². The van der Waals surface area contributed by atoms with Crippen molar-refractivity contribution in [2.45, 2.75) is 44.8 Å². The molecule has 0 bridgehead atoms. The first kappa shape index (κ1) is 15.9. The van der Waals surface area contributed by atoms with E-state index in [1.165, 1.54) is 25.7 Å². The summed E-state index contributed by atoms with van der Waals surface area (Å²) in [6, 6.07) is 0.618. The van der Waals surface area contributed by atoms with Crippen LogP contribution in [0, 0.1) is 5.92 Å². The molecule has 0 aliphatic heterocycles. The van der Waals surface area contributed by atoms with Gasteiger partial charge in [0.1, 0.15) is 0 Å². The molecule has 1 fully saturated rings. The molecular formula is C14H29NO3. The zero-order chi connectivity index (χ0) is 13.4. The Labute approximate surface area is 111 Å². The fourth-order valence-electron chi connectivity index (χ4n) is 2.83. The van der Waals surface area contributed by atoms with E-state index in [0.29, 0.717) is 32.4 Å². The van der Waals surface area contributed by atoms with Crippen molar-refractivity contribution in [2.24, 2.45) is 5.92 Å². The highest BCUT2D eigenvalue weighted by molar-refractivity contribution is 4.80. The van der Waals surface area contributed by atoms with Crippen LogP contribution in [0.2, 0.25) is 0 Å². The topological polar surface area (TPSA) is 41.9 Å². The minimum atomic E-state index is -0.402. The molecule has 4 heteroatoms. The standard InChI is InChI=1S/C14H29NO3/c1-12-6-4-5-7-14(12)15(2)10-13(16)11-18-9-8-17-3/h12-14,16H,4-11H2,1-3H3. The van der Waals surface area contributed by atoms with Crippen LogP contribution in [0.15, 0.2) is 0 Å². The van der Waals surface area contributed by atoms with E-state index in [-0.39, 0.29) is 0 Å². The van der Waals surface area contributed by atoms with Crippen LogP contribution in [-0.4, -0.2) is 62.7 Å². The first-order valence-electron chi connectivity index (χ1n) is 7.10. The Morgan fingerprint density at radius 2 is 2.00 bits per heavy atom. The Kier molecular flexibility index (Phi) is 7.82. The van der Waals surface area contributed by atoms with Crippen LogP contribution in [0.4, 0.5) is 0 Å². The number of aliphatic hydroxyl groups is 1. The lowest BCUT2D eigenvalue weighted by Gasteiger charge is -2.37. The van der Waals surface area contributed by atoms with Crippen molar-refractivity contribution in [3.05, 3.63) is 0 Å². The maximum absolute atomic E-state index is 9.93. The lowest BCUT2D eigenvalue weighted by atomic mass is 9.85. The fraction of sp³-hybridized carbons (Fsp3) is 1.00. The van der Waals surface area contributed by atoms with E-state index in [0.717, 1.165) is 5.92 Å². The number of methoxy groups -OCH3 is 1. The smallest absolute Gasteiger partial charge is 0.0900 e. The molecule has 0 aromatic heterocycles. The molecule has 18 heavy (non-hydrogen) atoms. The van der Waals surface area contributed by atoms with Gasteiger partial charge in [0.05, 0.1) is 25.9 Å². The van der Waals surface area contributed by atoms with Gasteiger partial charge in [0.25, 0.3) is 0 Å². The van der Waals surface area contributed by atoms with Crippen molar-refractivity contribution in [2.75, 3.05) is 40.5 Å². The number of hydrogen-bond donors (Lipinski definition) is 1. The maximum atomic E-state index is 9.93. The largest absolute Gasteiger partial charge is 0.389 e. The van der Waals surface area contributed by atoms with Gasteiger partial charge in [-0.3, -0.25) is 0 Å². The Morgan fingerprint density at radius 1 is 1.28 bits per heavy atom. The summed E-state index contributed by atoms with van der Waals surface area (Å²) in [5, 5.41) is 9.93. The van der Waals surface area contributed by atoms with Crippen LogP contribution >= 0.6 is 0 Å². The van der Waals surface area contributed by atoms with Crippen LogP contribution in [-0.2, 0) is 9.47 Å². The van der Waals surface area contributed by atoms with Gasteiger partial charge < -0.3 is 19.5 Å². The van der Waals surface area contributed by atoms with E-state index in [1.807, 2.05) is 0 Å². The number of aliphatic hydroxyl groups excluding tert-OH is 1. The highest BCUT2D eigenvalue weighted by atomic mass is 16.5. The molecule has 4 nitrogen and oxygen atoms in total. The highest BCUT2D eigenvalue weighted by Gasteiger charge is 2.25. The molecule has 0 spiro atoms. The summed E-state index contributed by atoms with van der Waals surface area (Å²) in [4.78, 5) is 2.30. The van der Waals surface area contributed by atoms with Crippen molar-refractivity contribution in [1.82, 2.24) is 4.90 Å². The number of likely N-dealkylation sites (N-methyl/N-ethyl adjacent to an activating group) is 1. The molecule has 1 aliphatic rings. The lowest BCUT2D eigenvalue weighted by Crippen LogP contribution is -2.43. The summed E-state index contributed by atoms with van der Waals surface area (Å²) in [5.41, 5.74) is 0. The fourth-order valence-corrected chi connectivity index (χ4v) is 2.83. The third-order valence-corrected chi connectivity index (χ3v) is 3.87. The van der Waals surface area contributed by atoms with E-state index < -0.39 is 6.10 Å². The van der Waals surface area contributed by atoms with Crippen LogP contribution in [0.5, 0.6) is 0 Å². The summed E-state index contributed by atoms with van der Waals surface area (Å²) in [7, 11) is 3.77. The maximum Gasteiger partial charge on any atom is 0.0900 e. The number of hydrogen-bond acceptors (Lipinski definition) is 4. The molecule has 1 N–H and O–H groups in total. The van der Waals surface area contributed by atoms with Crippen molar-refractivity contribution in [3.8, 4) is 0 Å². The van der Waals surface area contributed by atoms with E-state index in [9.17, 15) is 5.11 Å². The van der Waals surface area contributed by atoms with Gasteiger partial charge >= 0.3 is 0 Å². The molecule has 0 aromatic rings. The third kappa shape index (κ3) is 5.65. The molecule has 3 unspecified atom stereocenters. The first-order valence-corrected chi connectivity index (χ1v) is 7.10. The van der Waals surface area contributed by atoms with Gasteiger partial charge in [0, 0.05) is 19.7 Å². The van der Waals surface area contributed by atoms with E-state index in [1.54, 1.807) is 7.11 Å². The third-order valence-electron chi connectivity index (χ3n) is 3.87. The molecule has 3 atom stereocenters. The predicted molar refractivity (Wildman–Crippen MR) is 72.8 cm³/mol. The van der Waals surface area contributed by atoms with Crippen LogP contribution in [0.1, 0.15) is 32.6 Å². The lowest BCUT2D eigenvalue weighted by molar-refractivity contribution is -0.00819. The first-order chi connectivity index (χ1) is 8.65. The van der Waals surface area contributed by atoms with E-state index in [2.05, 4.69) is 18.9 Å². The molecule has 1 aliphatic carbocycles. The van der Waals surface area contributed by atoms with E-state index in [4.69, 9.17) is 9.47 Å². The minimum absolute atomic E-state index is 0.398. The van der Waals surface area contributed by atoms with Crippen LogP contribution < -0.4 is 0 Å². The van der Waals surface area contributed by atoms with Crippen LogP contribution in [0.3, 0.4) is 0 Å². The summed E-state index contributed by atoms with van der Waals surface area (Å²) in [6.45, 7) is 4.55. The van der Waals surface area contributed by atoms with Gasteiger partial charge in [-0.05, 0) is 25.8 Å². The summed E-state index contributed by atoms with van der Waals surface area (Å²) in [6.07, 6.45) is 4.85. The second kappa shape index (κ2) is 8.86. The number of nitrogens with zero attached hydrogens (tertiary/aromatic N) is 1. The van der Waals surface area contributed by atoms with Crippen molar-refractivity contribution in [3.63, 3.8) is 0 Å². The van der Waals surface area contributed by atoms with Crippen molar-refractivity contribution >= 4 is 0 Å². The molecule has 0 aromatic carbocycles. The van der Waals surface area contributed by atoms with Gasteiger partial charge in [0.15, 0.2) is 0 Å². The average molecular weight is 259 g/mol. The summed E-state index contributed by atoms with van der Waals surface area (Å²) >= 11 is 0. The SMILES string of the molecule is COCCOCC(O)CN(C)C1CCCCC1C. The molecule has 0 radical (unpaired) electrons. The van der Waals surface area contributed by atoms with Gasteiger partial charge in [-0.25, -0.2) is 0 Å². The predicted octanol–water partition coefficient (Wildman–Crippen LogP) is 1.52. The monoisotopic (exact) mass is 259 g/mol. The van der Waals surface area contributed by atoms with Gasteiger partial charge in [0.2, 0.25) is 0 Å². The quantitative estimate of drug-likeness (QED) is 0.671. The molecule has 108 valence electrons. The second-order valence-electron chi connectivity index (χ2n) is 5.49. The molecular weight excluding hydrogens is 230 g/mol. The van der Waals surface area contributed by atoms with Crippen LogP contribution in [0.25, 0.3) is 0 Å². The Morgan fingerprint density at radius 3 is 2.67 bits per heavy atom. The number of rotatable bonds is 8. The van der Waals surface area contributed by atoms with Crippen molar-refractivity contribution < 1.29 is 14.6 Å². The van der Waals surface area contributed by atoms with E-state index >= 15 is 0 Å². The second-order valence-corrected chi connectivity index (χ2v) is 5.49. The van der Waals surface area contributed by atoms with Gasteiger partial charge in [-0.1, -0.05) is 19.8 Å². The summed E-state index contributed by atoms with van der Waals surface area (Å²) in [5.74, 6) is 0.741. The minimum Gasteiger partial charge on any atom is -0.389 e. The molecule has 0 saturated heterocycles. The van der Waals surface area contributed by atoms with Crippen molar-refractivity contribution in [1.29, 1.82) is 0 Å². The summed E-state index contributed by atoms with van der Waals surface area (Å²) < 4.78 is 10.2. The molecule has 0 heterocycles. The highest BCUT2D eigenvalue weighted by Crippen LogP contribution is 2.27. The van der Waals surface area contributed by atoms with Gasteiger partial charge in [-0.2, -0.15) is 0 Å².